The fourth-order valence-corrected chi connectivity index (χ4v) is 5.03. The van der Waals surface area contributed by atoms with Crippen LogP contribution in [0.25, 0.3) is 0 Å². The van der Waals surface area contributed by atoms with Crippen molar-refractivity contribution in [1.29, 1.82) is 4.78 Å². The van der Waals surface area contributed by atoms with Gasteiger partial charge < -0.3 is 4.74 Å². The maximum atomic E-state index is 12.5. The molecule has 1 aliphatic carbocycles. The van der Waals surface area contributed by atoms with Gasteiger partial charge in [-0.15, -0.1) is 0 Å². The van der Waals surface area contributed by atoms with Crippen LogP contribution in [0.4, 0.5) is 0 Å². The van der Waals surface area contributed by atoms with Gasteiger partial charge in [0.25, 0.3) is 0 Å². The zero-order chi connectivity index (χ0) is 16.4. The average molecular weight is 346 g/mol. The van der Waals surface area contributed by atoms with E-state index in [1.165, 1.54) is 13.4 Å². The first-order valence-electron chi connectivity index (χ1n) is 7.01. The summed E-state index contributed by atoms with van der Waals surface area (Å²) >= 11 is 0. The molecule has 22 heavy (non-hydrogen) atoms. The van der Waals surface area contributed by atoms with Crippen molar-refractivity contribution in [2.75, 3.05) is 20.0 Å². The van der Waals surface area contributed by atoms with E-state index in [-0.39, 0.29) is 13.2 Å². The van der Waals surface area contributed by atoms with Gasteiger partial charge in [-0.05, 0) is 30.5 Å². The molecule has 0 aliphatic heterocycles. The van der Waals surface area contributed by atoms with Gasteiger partial charge in [-0.2, -0.15) is 0 Å². The normalized spacial score (nSPS) is 20.1. The molecule has 1 aromatic carbocycles. The summed E-state index contributed by atoms with van der Waals surface area (Å²) in [6.45, 7) is 0.315. The van der Waals surface area contributed by atoms with E-state index in [2.05, 4.69) is 4.72 Å². The summed E-state index contributed by atoms with van der Waals surface area (Å²) in [6.07, 6.45) is 3.44. The Kier molecular flexibility index (Phi) is 4.96. The predicted octanol–water partition coefficient (Wildman–Crippen LogP) is 1.71. The van der Waals surface area contributed by atoms with Gasteiger partial charge in [0.1, 0.15) is 4.75 Å². The van der Waals surface area contributed by atoms with Crippen LogP contribution in [0.1, 0.15) is 24.8 Å². The van der Waals surface area contributed by atoms with Crippen molar-refractivity contribution < 1.29 is 17.4 Å². The van der Waals surface area contributed by atoms with Crippen LogP contribution in [0.5, 0.6) is 0 Å². The Morgan fingerprint density at radius 3 is 2.50 bits per heavy atom. The minimum atomic E-state index is -3.49. The SMILES string of the molecule is COCC1(S(=O)(=O)NCc2cccc(S(C)(=N)=O)c2)CCC1. The third-order valence-corrected chi connectivity index (χ3v) is 7.40. The topological polar surface area (TPSA) is 96.3 Å². The van der Waals surface area contributed by atoms with Crippen molar-refractivity contribution in [3.8, 4) is 0 Å². The van der Waals surface area contributed by atoms with Gasteiger partial charge in [0.15, 0.2) is 0 Å². The summed E-state index contributed by atoms with van der Waals surface area (Å²) in [5.74, 6) is 0. The van der Waals surface area contributed by atoms with E-state index in [1.807, 2.05) is 0 Å². The van der Waals surface area contributed by atoms with Crippen molar-refractivity contribution in [3.63, 3.8) is 0 Å². The van der Waals surface area contributed by atoms with Crippen LogP contribution in [0.3, 0.4) is 0 Å². The van der Waals surface area contributed by atoms with Gasteiger partial charge >= 0.3 is 0 Å². The number of nitrogens with one attached hydrogen (secondary N) is 2. The summed E-state index contributed by atoms with van der Waals surface area (Å²) < 4.78 is 51.2. The number of sulfonamides is 1. The monoisotopic (exact) mass is 346 g/mol. The van der Waals surface area contributed by atoms with Gasteiger partial charge in [-0.25, -0.2) is 22.1 Å². The molecular formula is C14H22N2O4S2. The molecule has 2 N–H and O–H groups in total. The molecule has 0 radical (unpaired) electrons. The molecule has 1 aromatic rings. The highest BCUT2D eigenvalue weighted by atomic mass is 32.2. The van der Waals surface area contributed by atoms with Crippen LogP contribution in [-0.2, 0) is 31.0 Å². The average Bonchev–Trinajstić information content (AvgIpc) is 2.40. The maximum absolute atomic E-state index is 12.5. The molecule has 1 aliphatic rings. The smallest absolute Gasteiger partial charge is 0.219 e. The Hall–Kier alpha value is -0.960. The van der Waals surface area contributed by atoms with Crippen LogP contribution in [-0.4, -0.2) is 37.3 Å². The van der Waals surface area contributed by atoms with Crippen molar-refractivity contribution in [2.24, 2.45) is 0 Å². The van der Waals surface area contributed by atoms with E-state index in [9.17, 15) is 12.6 Å². The standard InChI is InChI=1S/C14H22N2O4S2/c1-20-11-14(7-4-8-14)22(18,19)16-10-12-5-3-6-13(9-12)21(2,15)17/h3,5-6,9,15-16H,4,7-8,10-11H2,1-2H3. The van der Waals surface area contributed by atoms with E-state index in [0.29, 0.717) is 23.3 Å². The summed E-state index contributed by atoms with van der Waals surface area (Å²) in [6, 6.07) is 6.67. The first-order chi connectivity index (χ1) is 10.2. The van der Waals surface area contributed by atoms with E-state index in [4.69, 9.17) is 9.52 Å². The molecule has 0 amide bonds. The summed E-state index contributed by atoms with van der Waals surface area (Å²) in [7, 11) is -4.79. The molecule has 8 heteroatoms. The fourth-order valence-electron chi connectivity index (χ4n) is 2.55. The Balaban J connectivity index is 2.13. The van der Waals surface area contributed by atoms with Crippen molar-refractivity contribution >= 4 is 19.8 Å². The van der Waals surface area contributed by atoms with Crippen LogP contribution in [0.2, 0.25) is 0 Å². The minimum Gasteiger partial charge on any atom is -0.383 e. The summed E-state index contributed by atoms with van der Waals surface area (Å²) in [5.41, 5.74) is 0.690. The summed E-state index contributed by atoms with van der Waals surface area (Å²) in [4.78, 5) is 0.402. The van der Waals surface area contributed by atoms with Gasteiger partial charge in [-0.3, -0.25) is 0 Å². The van der Waals surface area contributed by atoms with Crippen molar-refractivity contribution in [2.45, 2.75) is 35.4 Å². The second-order valence-corrected chi connectivity index (χ2v) is 10.1. The summed E-state index contributed by atoms with van der Waals surface area (Å²) in [5, 5.41) is 0. The molecule has 2 rings (SSSR count). The molecule has 0 heterocycles. The third kappa shape index (κ3) is 3.51. The zero-order valence-electron chi connectivity index (χ0n) is 12.8. The van der Waals surface area contributed by atoms with E-state index in [1.54, 1.807) is 24.3 Å². The lowest BCUT2D eigenvalue weighted by Crippen LogP contribution is -2.53. The van der Waals surface area contributed by atoms with E-state index in [0.717, 1.165) is 6.42 Å². The fraction of sp³-hybridized carbons (Fsp3) is 0.571. The van der Waals surface area contributed by atoms with Crippen molar-refractivity contribution in [3.05, 3.63) is 29.8 Å². The predicted molar refractivity (Wildman–Crippen MR) is 85.7 cm³/mol. The Morgan fingerprint density at radius 1 is 1.32 bits per heavy atom. The number of hydrogen-bond acceptors (Lipinski definition) is 5. The molecule has 6 nitrogen and oxygen atoms in total. The second kappa shape index (κ2) is 6.27. The second-order valence-electron chi connectivity index (χ2n) is 5.79. The van der Waals surface area contributed by atoms with Gasteiger partial charge in [0.2, 0.25) is 10.0 Å². The quantitative estimate of drug-likeness (QED) is 0.785. The number of ether oxygens (including phenoxy) is 1. The highest BCUT2D eigenvalue weighted by Gasteiger charge is 2.48. The molecule has 0 aromatic heterocycles. The largest absolute Gasteiger partial charge is 0.383 e. The third-order valence-electron chi connectivity index (χ3n) is 4.06. The lowest BCUT2D eigenvalue weighted by molar-refractivity contribution is 0.126. The molecule has 1 atom stereocenters. The number of hydrogen-bond donors (Lipinski definition) is 2. The molecule has 1 fully saturated rings. The number of rotatable bonds is 7. The lowest BCUT2D eigenvalue weighted by Gasteiger charge is -2.40. The van der Waals surface area contributed by atoms with E-state index >= 15 is 0 Å². The zero-order valence-corrected chi connectivity index (χ0v) is 14.4. The number of methoxy groups -OCH3 is 1. The molecule has 0 spiro atoms. The Morgan fingerprint density at radius 2 is 2.00 bits per heavy atom. The lowest BCUT2D eigenvalue weighted by atomic mass is 9.85. The highest BCUT2D eigenvalue weighted by molar-refractivity contribution is 7.91. The maximum Gasteiger partial charge on any atom is 0.219 e. The molecule has 124 valence electrons. The Bertz CT molecular complexity index is 738. The molecule has 1 unspecified atom stereocenters. The molecule has 0 saturated heterocycles. The minimum absolute atomic E-state index is 0.122. The van der Waals surface area contributed by atoms with E-state index < -0.39 is 24.5 Å². The van der Waals surface area contributed by atoms with Gasteiger partial charge in [-0.1, -0.05) is 18.6 Å². The van der Waals surface area contributed by atoms with Crippen LogP contribution >= 0.6 is 0 Å². The molecular weight excluding hydrogens is 324 g/mol. The van der Waals surface area contributed by atoms with Crippen LogP contribution in [0, 0.1) is 4.78 Å². The van der Waals surface area contributed by atoms with Gasteiger partial charge in [0.05, 0.1) is 16.3 Å². The Labute approximate surface area is 132 Å². The molecule has 1 saturated carbocycles. The van der Waals surface area contributed by atoms with Gasteiger partial charge in [0, 0.05) is 24.8 Å². The van der Waals surface area contributed by atoms with Crippen molar-refractivity contribution in [1.82, 2.24) is 4.72 Å². The first-order valence-corrected chi connectivity index (χ1v) is 10.5. The molecule has 0 bridgehead atoms. The number of benzene rings is 1. The van der Waals surface area contributed by atoms with Crippen LogP contribution in [0.15, 0.2) is 29.2 Å². The first kappa shape index (κ1) is 17.4. The highest BCUT2D eigenvalue weighted by Crippen LogP contribution is 2.39. The van der Waals surface area contributed by atoms with Crippen LogP contribution < -0.4 is 4.72 Å².